The van der Waals surface area contributed by atoms with E-state index in [0.717, 1.165) is 31.9 Å². The molecule has 4 rings (SSSR count). The third-order valence-corrected chi connectivity index (χ3v) is 4.89. The smallest absolute Gasteiger partial charge is 0.349 e. The Hall–Kier alpha value is -3.32. The van der Waals surface area contributed by atoms with Crippen LogP contribution in [0.4, 0.5) is 11.4 Å². The van der Waals surface area contributed by atoms with Crippen molar-refractivity contribution in [3.05, 3.63) is 64.5 Å². The van der Waals surface area contributed by atoms with Crippen LogP contribution in [0.15, 0.2) is 57.7 Å². The average molecular weight is 380 g/mol. The molecule has 0 bridgehead atoms. The van der Waals surface area contributed by atoms with Crippen molar-refractivity contribution in [1.29, 1.82) is 0 Å². The number of carbonyl (C=O) groups excluding carboxylic acids is 1. The van der Waals surface area contributed by atoms with Crippen LogP contribution in [0.5, 0.6) is 5.75 Å². The zero-order valence-corrected chi connectivity index (χ0v) is 15.6. The maximum absolute atomic E-state index is 12.6. The molecular formula is C21H22N3O4+. The Bertz CT molecular complexity index is 1050. The van der Waals surface area contributed by atoms with Gasteiger partial charge in [-0.1, -0.05) is 12.1 Å². The van der Waals surface area contributed by atoms with Crippen molar-refractivity contribution < 1.29 is 19.3 Å². The van der Waals surface area contributed by atoms with Crippen LogP contribution in [0.1, 0.15) is 10.4 Å². The molecule has 0 saturated carbocycles. The van der Waals surface area contributed by atoms with Crippen molar-refractivity contribution in [3.63, 3.8) is 0 Å². The highest BCUT2D eigenvalue weighted by Crippen LogP contribution is 2.25. The second-order valence-electron chi connectivity index (χ2n) is 6.68. The summed E-state index contributed by atoms with van der Waals surface area (Å²) in [6.07, 6.45) is 0. The first-order chi connectivity index (χ1) is 13.7. The van der Waals surface area contributed by atoms with Gasteiger partial charge in [-0.15, -0.1) is 0 Å². The lowest BCUT2D eigenvalue weighted by Gasteiger charge is -2.27. The number of anilines is 2. The third-order valence-electron chi connectivity index (χ3n) is 4.89. The molecule has 0 atom stereocenters. The lowest BCUT2D eigenvalue weighted by Crippen LogP contribution is -2.89. The summed E-state index contributed by atoms with van der Waals surface area (Å²) in [6.45, 7) is 4.18. The SMILES string of the molecule is COc1cccc2cc(C(=O)Nc3ccc(N4CC[NH2+]CC4)cc3)c(=O)oc12. The van der Waals surface area contributed by atoms with Gasteiger partial charge in [-0.3, -0.25) is 4.79 Å². The molecule has 0 spiro atoms. The predicted octanol–water partition coefficient (Wildman–Crippen LogP) is 1.44. The predicted molar refractivity (Wildman–Crippen MR) is 107 cm³/mol. The highest BCUT2D eigenvalue weighted by molar-refractivity contribution is 6.05. The molecule has 1 aliphatic rings. The van der Waals surface area contributed by atoms with Crippen LogP contribution in [-0.4, -0.2) is 39.2 Å². The monoisotopic (exact) mass is 380 g/mol. The van der Waals surface area contributed by atoms with E-state index in [1.165, 1.54) is 13.2 Å². The fourth-order valence-electron chi connectivity index (χ4n) is 3.40. The number of nitrogens with one attached hydrogen (secondary N) is 1. The number of ether oxygens (including phenoxy) is 1. The minimum Gasteiger partial charge on any atom is -0.493 e. The molecule has 7 heteroatoms. The number of benzene rings is 2. The molecular weight excluding hydrogens is 358 g/mol. The molecule has 144 valence electrons. The number of piperazine rings is 1. The summed E-state index contributed by atoms with van der Waals surface area (Å²) in [5, 5.41) is 5.70. The van der Waals surface area contributed by atoms with E-state index in [-0.39, 0.29) is 5.56 Å². The van der Waals surface area contributed by atoms with Gasteiger partial charge in [-0.05, 0) is 36.4 Å². The summed E-state index contributed by atoms with van der Waals surface area (Å²) in [7, 11) is 1.50. The minimum absolute atomic E-state index is 0.0450. The van der Waals surface area contributed by atoms with Crippen LogP contribution in [-0.2, 0) is 0 Å². The zero-order chi connectivity index (χ0) is 19.5. The summed E-state index contributed by atoms with van der Waals surface area (Å²) in [6, 6.07) is 14.4. The molecule has 0 radical (unpaired) electrons. The molecule has 1 fully saturated rings. The third kappa shape index (κ3) is 3.57. The molecule has 3 aromatic rings. The molecule has 1 aliphatic heterocycles. The topological polar surface area (TPSA) is 88.4 Å². The van der Waals surface area contributed by atoms with Gasteiger partial charge in [0.05, 0.1) is 33.3 Å². The lowest BCUT2D eigenvalue weighted by molar-refractivity contribution is -0.655. The molecule has 28 heavy (non-hydrogen) atoms. The fraction of sp³-hybridized carbons (Fsp3) is 0.238. The number of quaternary nitrogens is 1. The van der Waals surface area contributed by atoms with Gasteiger partial charge in [-0.25, -0.2) is 4.79 Å². The summed E-state index contributed by atoms with van der Waals surface area (Å²) < 4.78 is 10.5. The Balaban J connectivity index is 1.55. The van der Waals surface area contributed by atoms with Crippen LogP contribution in [0.2, 0.25) is 0 Å². The number of hydrogen-bond donors (Lipinski definition) is 2. The van der Waals surface area contributed by atoms with E-state index < -0.39 is 11.5 Å². The van der Waals surface area contributed by atoms with Gasteiger partial charge in [0.15, 0.2) is 11.3 Å². The summed E-state index contributed by atoms with van der Waals surface area (Å²) in [5.41, 5.74) is 1.34. The van der Waals surface area contributed by atoms with Crippen LogP contribution in [0.3, 0.4) is 0 Å². The van der Waals surface area contributed by atoms with Gasteiger partial charge < -0.3 is 24.7 Å². The Morgan fingerprint density at radius 2 is 1.89 bits per heavy atom. The van der Waals surface area contributed by atoms with Crippen LogP contribution >= 0.6 is 0 Å². The Morgan fingerprint density at radius 1 is 1.14 bits per heavy atom. The van der Waals surface area contributed by atoms with E-state index in [9.17, 15) is 9.59 Å². The second-order valence-corrected chi connectivity index (χ2v) is 6.68. The van der Waals surface area contributed by atoms with E-state index in [4.69, 9.17) is 9.15 Å². The van der Waals surface area contributed by atoms with Gasteiger partial charge in [-0.2, -0.15) is 0 Å². The number of nitrogens with zero attached hydrogens (tertiary/aromatic N) is 1. The number of nitrogens with two attached hydrogens (primary N) is 1. The number of amides is 1. The van der Waals surface area contributed by atoms with E-state index in [0.29, 0.717) is 22.4 Å². The van der Waals surface area contributed by atoms with Crippen molar-refractivity contribution in [2.75, 3.05) is 43.5 Å². The second kappa shape index (κ2) is 7.74. The van der Waals surface area contributed by atoms with Gasteiger partial charge in [0, 0.05) is 16.8 Å². The van der Waals surface area contributed by atoms with E-state index in [1.54, 1.807) is 18.2 Å². The van der Waals surface area contributed by atoms with E-state index >= 15 is 0 Å². The number of carbonyl (C=O) groups is 1. The Kier molecular flexibility index (Phi) is 4.99. The van der Waals surface area contributed by atoms with Crippen molar-refractivity contribution in [3.8, 4) is 5.75 Å². The number of hydrogen-bond acceptors (Lipinski definition) is 5. The number of fused-ring (bicyclic) bond motifs is 1. The number of para-hydroxylation sites is 1. The van der Waals surface area contributed by atoms with Crippen molar-refractivity contribution >= 4 is 28.3 Å². The molecule has 3 N–H and O–H groups in total. The highest BCUT2D eigenvalue weighted by atomic mass is 16.5. The number of methoxy groups -OCH3 is 1. The van der Waals surface area contributed by atoms with Crippen molar-refractivity contribution in [2.24, 2.45) is 0 Å². The molecule has 2 heterocycles. The normalized spacial score (nSPS) is 14.1. The molecule has 1 aromatic heterocycles. The number of rotatable bonds is 4. The zero-order valence-electron chi connectivity index (χ0n) is 15.6. The Labute approximate surface area is 161 Å². The molecule has 2 aromatic carbocycles. The van der Waals surface area contributed by atoms with Gasteiger partial charge >= 0.3 is 5.63 Å². The van der Waals surface area contributed by atoms with Gasteiger partial charge in [0.1, 0.15) is 5.56 Å². The lowest BCUT2D eigenvalue weighted by atomic mass is 10.1. The van der Waals surface area contributed by atoms with E-state index in [1.807, 2.05) is 24.3 Å². The van der Waals surface area contributed by atoms with Crippen molar-refractivity contribution in [2.45, 2.75) is 0 Å². The first-order valence-corrected chi connectivity index (χ1v) is 9.24. The summed E-state index contributed by atoms with van der Waals surface area (Å²) >= 11 is 0. The van der Waals surface area contributed by atoms with Gasteiger partial charge in [0.25, 0.3) is 5.91 Å². The standard InChI is InChI=1S/C21H21N3O4/c1-27-18-4-2-3-14-13-17(21(26)28-19(14)18)20(25)23-15-5-7-16(8-6-15)24-11-9-22-10-12-24/h2-8,13,22H,9-12H2,1H3,(H,23,25)/p+1. The highest BCUT2D eigenvalue weighted by Gasteiger charge is 2.16. The average Bonchev–Trinajstić information content (AvgIpc) is 2.74. The maximum atomic E-state index is 12.6. The van der Waals surface area contributed by atoms with Gasteiger partial charge in [0.2, 0.25) is 0 Å². The quantitative estimate of drug-likeness (QED) is 0.669. The first-order valence-electron chi connectivity index (χ1n) is 9.24. The summed E-state index contributed by atoms with van der Waals surface area (Å²) in [4.78, 5) is 27.2. The molecule has 1 amide bonds. The largest absolute Gasteiger partial charge is 0.493 e. The van der Waals surface area contributed by atoms with Crippen molar-refractivity contribution in [1.82, 2.24) is 0 Å². The fourth-order valence-corrected chi connectivity index (χ4v) is 3.40. The molecule has 1 saturated heterocycles. The Morgan fingerprint density at radius 3 is 2.61 bits per heavy atom. The van der Waals surface area contributed by atoms with E-state index in [2.05, 4.69) is 15.5 Å². The van der Waals surface area contributed by atoms with Crippen LogP contribution in [0, 0.1) is 0 Å². The summed E-state index contributed by atoms with van der Waals surface area (Å²) in [5.74, 6) is -0.0498. The maximum Gasteiger partial charge on any atom is 0.349 e. The van der Waals surface area contributed by atoms with Crippen LogP contribution in [0.25, 0.3) is 11.0 Å². The first kappa shape index (κ1) is 18.1. The molecule has 7 nitrogen and oxygen atoms in total. The minimum atomic E-state index is -0.698. The molecule has 0 aliphatic carbocycles. The van der Waals surface area contributed by atoms with Crippen LogP contribution < -0.4 is 25.9 Å². The molecule has 0 unspecified atom stereocenters.